The molecule has 1 spiro atoms. The molecule has 2 aromatic rings. The molecule has 2 saturated heterocycles. The monoisotopic (exact) mass is 845 g/mol. The number of hydrogen-bond acceptors (Lipinski definition) is 9. The van der Waals surface area contributed by atoms with Gasteiger partial charge in [0.15, 0.2) is 5.75 Å². The molecule has 3 fully saturated rings. The van der Waals surface area contributed by atoms with Crippen molar-refractivity contribution in [3.05, 3.63) is 46.6 Å². The van der Waals surface area contributed by atoms with Crippen LogP contribution in [-0.2, 0) is 35.6 Å². The van der Waals surface area contributed by atoms with Crippen molar-refractivity contribution in [1.29, 1.82) is 0 Å². The number of alkyl carbamates (subject to hydrolysis) is 1. The molecule has 1 aromatic heterocycles. The van der Waals surface area contributed by atoms with Crippen LogP contribution in [0.3, 0.4) is 0 Å². The number of allylic oxidation sites excluding steroid dienone is 1. The molecule has 1 aliphatic carbocycles. The fourth-order valence-electron chi connectivity index (χ4n) is 8.12. The van der Waals surface area contributed by atoms with Gasteiger partial charge >= 0.3 is 12.3 Å². The summed E-state index contributed by atoms with van der Waals surface area (Å²) >= 11 is 6.25. The van der Waals surface area contributed by atoms with Gasteiger partial charge in [0, 0.05) is 28.3 Å². The molecule has 7 rings (SSSR count). The zero-order valence-corrected chi connectivity index (χ0v) is 32.5. The Morgan fingerprint density at radius 3 is 2.56 bits per heavy atom. The number of hydrogen-bond donors (Lipinski definition) is 2. The topological polar surface area (TPSA) is 164 Å². The molecule has 1 saturated carbocycles. The first kappa shape index (κ1) is 40.9. The smallest absolute Gasteiger partial charge is 0.427 e. The van der Waals surface area contributed by atoms with Crippen LogP contribution in [0.25, 0.3) is 10.9 Å². The maximum absolute atomic E-state index is 14.6. The highest BCUT2D eigenvalue weighted by molar-refractivity contribution is 7.90. The summed E-state index contributed by atoms with van der Waals surface area (Å²) in [7, 11) is -3.89. The van der Waals surface area contributed by atoms with Crippen LogP contribution in [0.1, 0.15) is 82.9 Å². The Hall–Kier alpha value is -4.26. The number of alkyl halides is 5. The number of benzene rings is 1. The first-order valence-corrected chi connectivity index (χ1v) is 20.7. The van der Waals surface area contributed by atoms with Crippen molar-refractivity contribution in [1.82, 2.24) is 24.8 Å². The second kappa shape index (κ2) is 14.5. The van der Waals surface area contributed by atoms with Gasteiger partial charge < -0.3 is 25.0 Å². The van der Waals surface area contributed by atoms with Crippen molar-refractivity contribution in [2.24, 2.45) is 5.92 Å². The summed E-state index contributed by atoms with van der Waals surface area (Å²) in [5.74, 6) is -3.65. The fourth-order valence-corrected chi connectivity index (χ4v) is 9.37. The van der Waals surface area contributed by atoms with E-state index < -0.39 is 86.9 Å². The third kappa shape index (κ3) is 7.60. The number of aromatic nitrogens is 1. The van der Waals surface area contributed by atoms with E-state index >= 15 is 0 Å². The van der Waals surface area contributed by atoms with Gasteiger partial charge in [0.05, 0.1) is 24.4 Å². The van der Waals surface area contributed by atoms with E-state index in [0.29, 0.717) is 59.8 Å². The van der Waals surface area contributed by atoms with E-state index in [1.165, 1.54) is 12.1 Å². The SMILES string of the molecule is CC(C)(OC(=O)NC1CCCCCC=CC2CC2(C(=O)N2CCS2(=O)=O)NC(=O)C2CC3(CCc4c(c(C(F)F)nc5ccc(Cl)cc45)O3)CN2C1=O)C(F)(F)F. The molecule has 310 valence electrons. The summed E-state index contributed by atoms with van der Waals surface area (Å²) in [6.07, 6.45) is -4.11. The van der Waals surface area contributed by atoms with Crippen molar-refractivity contribution in [3.8, 4) is 5.75 Å². The third-order valence-electron chi connectivity index (χ3n) is 11.6. The Labute approximate surface area is 329 Å². The van der Waals surface area contributed by atoms with E-state index in [1.54, 1.807) is 12.1 Å². The average Bonchev–Trinajstić information content (AvgIpc) is 3.69. The summed E-state index contributed by atoms with van der Waals surface area (Å²) < 4.78 is 107. The molecule has 5 unspecified atom stereocenters. The Bertz CT molecular complexity index is 2160. The van der Waals surface area contributed by atoms with Crippen LogP contribution >= 0.6 is 11.6 Å². The first-order chi connectivity index (χ1) is 26.7. The lowest BCUT2D eigenvalue weighted by Gasteiger charge is -2.37. The van der Waals surface area contributed by atoms with Gasteiger partial charge in [-0.3, -0.25) is 14.4 Å². The van der Waals surface area contributed by atoms with Gasteiger partial charge in [-0.1, -0.05) is 36.6 Å². The van der Waals surface area contributed by atoms with Crippen LogP contribution in [0.5, 0.6) is 5.75 Å². The van der Waals surface area contributed by atoms with Gasteiger partial charge in [0.25, 0.3) is 12.3 Å². The number of amides is 4. The molecule has 57 heavy (non-hydrogen) atoms. The molecule has 5 heterocycles. The van der Waals surface area contributed by atoms with Gasteiger partial charge in [0.2, 0.25) is 27.4 Å². The number of aryl methyl sites for hydroxylation is 1. The minimum Gasteiger partial charge on any atom is -0.483 e. The standard InChI is InChI=1S/C37H41ClF5N5O8S/c1-34(2,37(41,42)43)56-33(52)45-25-9-7-5-3-4-6-8-20-17-36(20,32(51)48-14-15-57(48,53)54)46-30(49)26-18-35(19-47(26)31(25)50)13-12-22-23-16-21(38)10-11-24(23)44-27(29(39)40)28(22)55-35/h6,8,10-11,16,20,25-26,29H,3-5,7,9,12-15,17-19H2,1-2H3,(H,45,52)(H,46,49). The molecule has 0 radical (unpaired) electrons. The molecule has 20 heteroatoms. The minimum absolute atomic E-state index is 0.0598. The molecule has 0 bridgehead atoms. The molecule has 2 N–H and O–H groups in total. The average molecular weight is 846 g/mol. The summed E-state index contributed by atoms with van der Waals surface area (Å²) in [5, 5.41) is 5.80. The fraction of sp³-hybridized carbons (Fsp3) is 0.595. The Morgan fingerprint density at radius 1 is 1.14 bits per heavy atom. The summed E-state index contributed by atoms with van der Waals surface area (Å²) in [6, 6.07) is 1.62. The summed E-state index contributed by atoms with van der Waals surface area (Å²) in [5.41, 5.74) is -6.10. The second-order valence-corrected chi connectivity index (χ2v) is 18.3. The highest BCUT2D eigenvalue weighted by Gasteiger charge is 2.65. The Balaban J connectivity index is 1.26. The quantitative estimate of drug-likeness (QED) is 0.299. The Kier molecular flexibility index (Phi) is 10.4. The predicted molar refractivity (Wildman–Crippen MR) is 194 cm³/mol. The maximum atomic E-state index is 14.6. The van der Waals surface area contributed by atoms with Crippen LogP contribution in [0.2, 0.25) is 5.02 Å². The largest absolute Gasteiger partial charge is 0.483 e. The molecule has 13 nitrogen and oxygen atoms in total. The van der Waals surface area contributed by atoms with Crippen molar-refractivity contribution in [3.63, 3.8) is 0 Å². The van der Waals surface area contributed by atoms with E-state index in [9.17, 15) is 49.5 Å². The van der Waals surface area contributed by atoms with Crippen molar-refractivity contribution in [2.45, 2.75) is 113 Å². The van der Waals surface area contributed by atoms with Crippen molar-refractivity contribution < 1.29 is 59.0 Å². The van der Waals surface area contributed by atoms with E-state index in [1.807, 2.05) is 6.08 Å². The number of pyridine rings is 1. The van der Waals surface area contributed by atoms with Crippen LogP contribution in [0.15, 0.2) is 30.4 Å². The van der Waals surface area contributed by atoms with E-state index in [2.05, 4.69) is 15.6 Å². The number of fused-ring (bicyclic) bond motifs is 5. The lowest BCUT2D eigenvalue weighted by Crippen LogP contribution is -2.62. The number of nitrogens with zero attached hydrogens (tertiary/aromatic N) is 3. The first-order valence-electron chi connectivity index (χ1n) is 18.7. The van der Waals surface area contributed by atoms with Gasteiger partial charge in [-0.2, -0.15) is 13.2 Å². The van der Waals surface area contributed by atoms with E-state index in [0.717, 1.165) is 4.90 Å². The van der Waals surface area contributed by atoms with Crippen LogP contribution in [0.4, 0.5) is 26.7 Å². The lowest BCUT2D eigenvalue weighted by molar-refractivity contribution is -0.244. The number of sulfonamides is 1. The zero-order chi connectivity index (χ0) is 41.3. The molecule has 5 atom stereocenters. The van der Waals surface area contributed by atoms with E-state index in [4.69, 9.17) is 21.1 Å². The number of halogens is 6. The van der Waals surface area contributed by atoms with Gasteiger partial charge in [-0.15, -0.1) is 0 Å². The second-order valence-electron chi connectivity index (χ2n) is 15.9. The minimum atomic E-state index is -4.95. The number of nitrogens with one attached hydrogen (secondary N) is 2. The number of ether oxygens (including phenoxy) is 2. The molecule has 4 amide bonds. The van der Waals surface area contributed by atoms with Gasteiger partial charge in [0.1, 0.15) is 28.9 Å². The highest BCUT2D eigenvalue weighted by atomic mass is 35.5. The lowest BCUT2D eigenvalue weighted by atomic mass is 9.87. The molecule has 1 aromatic carbocycles. The van der Waals surface area contributed by atoms with Gasteiger partial charge in [-0.05, 0) is 70.6 Å². The number of rotatable bonds is 4. The molecular formula is C37H41ClF5N5O8S. The highest BCUT2D eigenvalue weighted by Crippen LogP contribution is 2.50. The number of carbonyl (C=O) groups is 4. The van der Waals surface area contributed by atoms with Crippen LogP contribution < -0.4 is 15.4 Å². The van der Waals surface area contributed by atoms with E-state index in [-0.39, 0.29) is 62.2 Å². The van der Waals surface area contributed by atoms with Gasteiger partial charge in [-0.25, -0.2) is 31.3 Å². The zero-order valence-electron chi connectivity index (χ0n) is 31.0. The third-order valence-corrected chi connectivity index (χ3v) is 13.5. The molecule has 5 aliphatic rings. The maximum Gasteiger partial charge on any atom is 0.427 e. The van der Waals surface area contributed by atoms with Crippen LogP contribution in [-0.4, -0.2) is 100 Å². The Morgan fingerprint density at radius 2 is 1.89 bits per heavy atom. The molecule has 4 aliphatic heterocycles. The normalized spacial score (nSPS) is 29.0. The summed E-state index contributed by atoms with van der Waals surface area (Å²) in [4.78, 5) is 61.2. The predicted octanol–water partition coefficient (Wildman–Crippen LogP) is 5.49. The van der Waals surface area contributed by atoms with Crippen molar-refractivity contribution >= 4 is 56.3 Å². The molecular weight excluding hydrogens is 805 g/mol. The summed E-state index contributed by atoms with van der Waals surface area (Å²) in [6.45, 7) is 0.837. The van der Waals surface area contributed by atoms with Crippen LogP contribution in [0, 0.1) is 5.92 Å². The number of carbonyl (C=O) groups excluding carboxylic acids is 4. The van der Waals surface area contributed by atoms with Crippen molar-refractivity contribution in [2.75, 3.05) is 18.8 Å².